The summed E-state index contributed by atoms with van der Waals surface area (Å²) in [7, 11) is 0.594. The van der Waals surface area contributed by atoms with E-state index >= 15 is 0 Å². The van der Waals surface area contributed by atoms with Crippen molar-refractivity contribution in [3.05, 3.63) is 22.5 Å². The molecule has 0 spiro atoms. The van der Waals surface area contributed by atoms with Gasteiger partial charge in [0.2, 0.25) is 0 Å². The fourth-order valence-electron chi connectivity index (χ4n) is 4.88. The van der Waals surface area contributed by atoms with E-state index in [-0.39, 0.29) is 35.9 Å². The maximum absolute atomic E-state index is 13.1. The monoisotopic (exact) mass is 379 g/mol. The van der Waals surface area contributed by atoms with Crippen molar-refractivity contribution in [2.45, 2.75) is 37.5 Å². The minimum absolute atomic E-state index is 0.0505. The Balaban J connectivity index is 1.62. The van der Waals surface area contributed by atoms with Crippen LogP contribution < -0.4 is 0 Å². The number of aromatic nitrogens is 1. The Kier molecular flexibility index (Phi) is 4.04. The SMILES string of the molecule is Cc1c(C(=O)N2C[C@H]3[C@H](N(C)C)CS(=O)(=O)[C@H]3C2)[nH]c2c1C(=O)CCC2. The molecule has 2 fully saturated rings. The topological polar surface area (TPSA) is 90.6 Å². The van der Waals surface area contributed by atoms with Gasteiger partial charge in [0.25, 0.3) is 5.91 Å². The molecule has 4 rings (SSSR count). The maximum atomic E-state index is 13.1. The van der Waals surface area contributed by atoms with Crippen molar-refractivity contribution in [2.24, 2.45) is 5.92 Å². The number of rotatable bonds is 2. The Morgan fingerprint density at radius 2 is 1.96 bits per heavy atom. The van der Waals surface area contributed by atoms with E-state index in [1.807, 2.05) is 25.9 Å². The third-order valence-corrected chi connectivity index (χ3v) is 8.50. The lowest BCUT2D eigenvalue weighted by Gasteiger charge is -2.25. The van der Waals surface area contributed by atoms with Gasteiger partial charge in [-0.15, -0.1) is 0 Å². The van der Waals surface area contributed by atoms with Gasteiger partial charge in [0, 0.05) is 42.7 Å². The number of Topliss-reactive ketones (excluding diaryl/α,β-unsaturated/α-hetero) is 1. The van der Waals surface area contributed by atoms with Gasteiger partial charge in [-0.2, -0.15) is 0 Å². The molecule has 7 nitrogen and oxygen atoms in total. The summed E-state index contributed by atoms with van der Waals surface area (Å²) in [6.07, 6.45) is 2.10. The predicted molar refractivity (Wildman–Crippen MR) is 97.2 cm³/mol. The number of nitrogens with zero attached hydrogens (tertiary/aromatic N) is 2. The molecule has 1 N–H and O–H groups in total. The zero-order chi connectivity index (χ0) is 18.8. The number of fused-ring (bicyclic) bond motifs is 2. The Morgan fingerprint density at radius 3 is 2.62 bits per heavy atom. The van der Waals surface area contributed by atoms with Crippen LogP contribution in [-0.2, 0) is 16.3 Å². The molecule has 1 aromatic rings. The fraction of sp³-hybridized carbons (Fsp3) is 0.667. The molecule has 26 heavy (non-hydrogen) atoms. The first-order chi connectivity index (χ1) is 12.2. The maximum Gasteiger partial charge on any atom is 0.270 e. The largest absolute Gasteiger partial charge is 0.354 e. The van der Waals surface area contributed by atoms with Crippen LogP contribution in [0, 0.1) is 12.8 Å². The van der Waals surface area contributed by atoms with Crippen LogP contribution >= 0.6 is 0 Å². The number of aromatic amines is 1. The number of likely N-dealkylation sites (tertiary alicyclic amines) is 1. The zero-order valence-electron chi connectivity index (χ0n) is 15.4. The van der Waals surface area contributed by atoms with Gasteiger partial charge in [-0.3, -0.25) is 9.59 Å². The summed E-state index contributed by atoms with van der Waals surface area (Å²) < 4.78 is 25.0. The highest BCUT2D eigenvalue weighted by molar-refractivity contribution is 7.92. The third-order valence-electron chi connectivity index (χ3n) is 6.27. The number of carbonyl (C=O) groups is 2. The van der Waals surface area contributed by atoms with Crippen molar-refractivity contribution >= 4 is 21.5 Å². The van der Waals surface area contributed by atoms with E-state index in [1.54, 1.807) is 4.90 Å². The molecule has 8 heteroatoms. The highest BCUT2D eigenvalue weighted by Crippen LogP contribution is 2.37. The van der Waals surface area contributed by atoms with E-state index < -0.39 is 15.1 Å². The second-order valence-corrected chi connectivity index (χ2v) is 10.3. The van der Waals surface area contributed by atoms with Crippen molar-refractivity contribution in [1.29, 1.82) is 0 Å². The Labute approximate surface area is 153 Å². The number of aryl methyl sites for hydroxylation is 1. The molecule has 0 bridgehead atoms. The quantitative estimate of drug-likeness (QED) is 0.814. The van der Waals surface area contributed by atoms with Gasteiger partial charge in [0.05, 0.1) is 11.0 Å². The summed E-state index contributed by atoms with van der Waals surface area (Å²) in [6, 6.07) is -0.0534. The molecule has 0 radical (unpaired) electrons. The normalized spacial score (nSPS) is 29.9. The third kappa shape index (κ3) is 2.53. The standard InChI is InChI=1S/C18H25N3O4S/c1-10-16-12(5-4-6-14(16)22)19-17(10)18(23)21-7-11-13(20(2)3)9-26(24,25)15(11)8-21/h11,13,15,19H,4-9H2,1-3H3/t11-,13+,15-/m0/s1. The van der Waals surface area contributed by atoms with Crippen molar-refractivity contribution in [3.63, 3.8) is 0 Å². The van der Waals surface area contributed by atoms with Crippen LogP contribution in [0.2, 0.25) is 0 Å². The average molecular weight is 379 g/mol. The molecule has 1 aliphatic carbocycles. The van der Waals surface area contributed by atoms with Crippen molar-refractivity contribution in [1.82, 2.24) is 14.8 Å². The van der Waals surface area contributed by atoms with Gasteiger partial charge >= 0.3 is 0 Å². The molecule has 1 aromatic heterocycles. The van der Waals surface area contributed by atoms with Crippen LogP contribution in [0.3, 0.4) is 0 Å². The number of carbonyl (C=O) groups excluding carboxylic acids is 2. The van der Waals surface area contributed by atoms with E-state index in [1.165, 1.54) is 0 Å². The van der Waals surface area contributed by atoms with E-state index in [4.69, 9.17) is 0 Å². The lowest BCUT2D eigenvalue weighted by molar-refractivity contribution is 0.0773. The number of H-pyrrole nitrogens is 1. The van der Waals surface area contributed by atoms with E-state index in [2.05, 4.69) is 4.98 Å². The van der Waals surface area contributed by atoms with Crippen LogP contribution in [0.25, 0.3) is 0 Å². The Morgan fingerprint density at radius 1 is 1.23 bits per heavy atom. The van der Waals surface area contributed by atoms with E-state index in [0.29, 0.717) is 29.8 Å². The second kappa shape index (κ2) is 5.92. The van der Waals surface area contributed by atoms with Crippen LogP contribution in [0.4, 0.5) is 0 Å². The van der Waals surface area contributed by atoms with Crippen molar-refractivity contribution in [2.75, 3.05) is 32.9 Å². The Bertz CT molecular complexity index is 886. The lowest BCUT2D eigenvalue weighted by Crippen LogP contribution is -2.38. The van der Waals surface area contributed by atoms with E-state index in [9.17, 15) is 18.0 Å². The van der Waals surface area contributed by atoms with Crippen molar-refractivity contribution in [3.8, 4) is 0 Å². The highest BCUT2D eigenvalue weighted by atomic mass is 32.2. The molecular formula is C18H25N3O4S. The summed E-state index contributed by atoms with van der Waals surface area (Å²) in [5.41, 5.74) is 2.67. The summed E-state index contributed by atoms with van der Waals surface area (Å²) in [4.78, 5) is 32.0. The molecule has 1 amide bonds. The smallest absolute Gasteiger partial charge is 0.270 e. The summed E-state index contributed by atoms with van der Waals surface area (Å²) >= 11 is 0. The number of amides is 1. The minimum atomic E-state index is -3.19. The fourth-order valence-corrected chi connectivity index (χ4v) is 7.35. The number of hydrogen-bond acceptors (Lipinski definition) is 5. The van der Waals surface area contributed by atoms with Gasteiger partial charge in [0.15, 0.2) is 15.6 Å². The second-order valence-electron chi connectivity index (χ2n) is 8.03. The first kappa shape index (κ1) is 17.7. The molecule has 0 saturated carbocycles. The molecule has 3 atom stereocenters. The summed E-state index contributed by atoms with van der Waals surface area (Å²) in [5.74, 6) is 0.0201. The van der Waals surface area contributed by atoms with E-state index in [0.717, 1.165) is 18.5 Å². The molecule has 2 aliphatic heterocycles. The molecule has 3 aliphatic rings. The highest BCUT2D eigenvalue weighted by Gasteiger charge is 2.53. The molecule has 0 aromatic carbocycles. The minimum Gasteiger partial charge on any atom is -0.354 e. The summed E-state index contributed by atoms with van der Waals surface area (Å²) in [6.45, 7) is 2.50. The average Bonchev–Trinajstić information content (AvgIpc) is 3.21. The first-order valence-electron chi connectivity index (χ1n) is 9.12. The van der Waals surface area contributed by atoms with Gasteiger partial charge in [-0.25, -0.2) is 8.42 Å². The number of sulfone groups is 1. The van der Waals surface area contributed by atoms with Crippen LogP contribution in [0.1, 0.15) is 44.9 Å². The number of ketones is 1. The van der Waals surface area contributed by atoms with Crippen LogP contribution in [0.5, 0.6) is 0 Å². The zero-order valence-corrected chi connectivity index (χ0v) is 16.2. The van der Waals surface area contributed by atoms with Gasteiger partial charge in [-0.05, 0) is 39.4 Å². The molecule has 3 heterocycles. The predicted octanol–water partition coefficient (Wildman–Crippen LogP) is 0.641. The molecule has 2 saturated heterocycles. The van der Waals surface area contributed by atoms with Crippen molar-refractivity contribution < 1.29 is 18.0 Å². The lowest BCUT2D eigenvalue weighted by atomic mass is 9.94. The molecule has 142 valence electrons. The van der Waals surface area contributed by atoms with Crippen LogP contribution in [-0.4, -0.2) is 79.1 Å². The Hall–Kier alpha value is -1.67. The molecular weight excluding hydrogens is 354 g/mol. The summed E-state index contributed by atoms with van der Waals surface area (Å²) in [5, 5.41) is -0.481. The number of hydrogen-bond donors (Lipinski definition) is 1. The van der Waals surface area contributed by atoms with Gasteiger partial charge in [-0.1, -0.05) is 0 Å². The first-order valence-corrected chi connectivity index (χ1v) is 10.8. The van der Waals surface area contributed by atoms with Gasteiger partial charge < -0.3 is 14.8 Å². The molecule has 0 unspecified atom stereocenters. The van der Waals surface area contributed by atoms with Gasteiger partial charge in [0.1, 0.15) is 5.69 Å². The van der Waals surface area contributed by atoms with Crippen LogP contribution in [0.15, 0.2) is 0 Å². The number of nitrogens with one attached hydrogen (secondary N) is 1.